The molecule has 0 fully saturated rings. The van der Waals surface area contributed by atoms with Crippen LogP contribution in [0, 0.1) is 18.6 Å². The van der Waals surface area contributed by atoms with E-state index in [-0.39, 0.29) is 16.7 Å². The Balaban J connectivity index is 2.15. The Kier molecular flexibility index (Phi) is 2.94. The second-order valence-electron chi connectivity index (χ2n) is 4.67. The fourth-order valence-electron chi connectivity index (χ4n) is 2.21. The maximum atomic E-state index is 13.2. The van der Waals surface area contributed by atoms with Crippen LogP contribution in [0.1, 0.15) is 21.5 Å². The summed E-state index contributed by atoms with van der Waals surface area (Å²) >= 11 is 0. The lowest BCUT2D eigenvalue weighted by Crippen LogP contribution is -2.03. The molecule has 1 heterocycles. The van der Waals surface area contributed by atoms with Gasteiger partial charge in [-0.05, 0) is 36.8 Å². The monoisotopic (exact) mass is 289 g/mol. The van der Waals surface area contributed by atoms with Crippen LogP contribution in [0.15, 0.2) is 39.5 Å². The summed E-state index contributed by atoms with van der Waals surface area (Å²) in [5.41, 5.74) is 1.41. The van der Waals surface area contributed by atoms with Crippen LogP contribution in [-0.2, 0) is 0 Å². The van der Waals surface area contributed by atoms with Gasteiger partial charge in [-0.25, -0.2) is 13.6 Å². The number of ketones is 1. The van der Waals surface area contributed by atoms with E-state index in [0.717, 1.165) is 12.1 Å². The van der Waals surface area contributed by atoms with Crippen LogP contribution < -0.4 is 5.76 Å². The van der Waals surface area contributed by atoms with Gasteiger partial charge >= 0.3 is 5.76 Å². The predicted molar refractivity (Wildman–Crippen MR) is 71.4 cm³/mol. The molecular weight excluding hydrogens is 280 g/mol. The third-order valence-electron chi connectivity index (χ3n) is 3.12. The average molecular weight is 289 g/mol. The molecule has 0 aliphatic heterocycles. The van der Waals surface area contributed by atoms with E-state index >= 15 is 0 Å². The van der Waals surface area contributed by atoms with Gasteiger partial charge in [-0.15, -0.1) is 0 Å². The number of benzene rings is 2. The molecule has 21 heavy (non-hydrogen) atoms. The standard InChI is InChI=1S/C15H9F2NO3/c1-7-2-8(5-12-13(7)18-15(20)21-12)14(19)9-3-10(16)6-11(17)4-9/h2-6H,1H3,(H,18,20). The summed E-state index contributed by atoms with van der Waals surface area (Å²) in [6.07, 6.45) is 0. The summed E-state index contributed by atoms with van der Waals surface area (Å²) in [7, 11) is 0. The first-order valence-corrected chi connectivity index (χ1v) is 6.08. The molecule has 1 N–H and O–H groups in total. The van der Waals surface area contributed by atoms with Crippen LogP contribution >= 0.6 is 0 Å². The van der Waals surface area contributed by atoms with Crippen molar-refractivity contribution in [3.63, 3.8) is 0 Å². The molecule has 4 nitrogen and oxygen atoms in total. The van der Waals surface area contributed by atoms with E-state index in [1.54, 1.807) is 6.92 Å². The first-order chi connectivity index (χ1) is 9.94. The smallest absolute Gasteiger partial charge is 0.408 e. The van der Waals surface area contributed by atoms with Crippen molar-refractivity contribution in [3.8, 4) is 0 Å². The Morgan fingerprint density at radius 2 is 1.67 bits per heavy atom. The number of carbonyl (C=O) groups is 1. The van der Waals surface area contributed by atoms with Crippen molar-refractivity contribution >= 4 is 16.9 Å². The fraction of sp³-hybridized carbons (Fsp3) is 0.0667. The van der Waals surface area contributed by atoms with Gasteiger partial charge < -0.3 is 4.42 Å². The van der Waals surface area contributed by atoms with Crippen LogP contribution in [0.5, 0.6) is 0 Å². The van der Waals surface area contributed by atoms with Crippen molar-refractivity contribution in [2.24, 2.45) is 0 Å². The molecule has 3 rings (SSSR count). The lowest BCUT2D eigenvalue weighted by molar-refractivity contribution is 0.103. The number of hydrogen-bond donors (Lipinski definition) is 1. The quantitative estimate of drug-likeness (QED) is 0.738. The van der Waals surface area contributed by atoms with Crippen LogP contribution in [-0.4, -0.2) is 10.8 Å². The van der Waals surface area contributed by atoms with Crippen LogP contribution in [0.3, 0.4) is 0 Å². The third-order valence-corrected chi connectivity index (χ3v) is 3.12. The summed E-state index contributed by atoms with van der Waals surface area (Å²) in [5.74, 6) is -2.84. The average Bonchev–Trinajstić information content (AvgIpc) is 2.77. The van der Waals surface area contributed by atoms with Crippen molar-refractivity contribution in [3.05, 3.63) is 69.2 Å². The van der Waals surface area contributed by atoms with E-state index in [2.05, 4.69) is 4.98 Å². The number of aromatic nitrogens is 1. The normalized spacial score (nSPS) is 11.0. The summed E-state index contributed by atoms with van der Waals surface area (Å²) in [5, 5.41) is 0. The van der Waals surface area contributed by atoms with Crippen LogP contribution in [0.25, 0.3) is 11.1 Å². The molecule has 3 aromatic rings. The Morgan fingerprint density at radius 3 is 2.33 bits per heavy atom. The lowest BCUT2D eigenvalue weighted by Gasteiger charge is -2.04. The van der Waals surface area contributed by atoms with Gasteiger partial charge in [0.1, 0.15) is 11.6 Å². The number of oxazole rings is 1. The van der Waals surface area contributed by atoms with Crippen molar-refractivity contribution < 1.29 is 18.0 Å². The highest BCUT2D eigenvalue weighted by Crippen LogP contribution is 2.20. The van der Waals surface area contributed by atoms with Crippen molar-refractivity contribution in [1.82, 2.24) is 4.98 Å². The maximum Gasteiger partial charge on any atom is 0.417 e. The molecule has 0 aliphatic carbocycles. The number of aromatic amines is 1. The van der Waals surface area contributed by atoms with Gasteiger partial charge in [-0.1, -0.05) is 0 Å². The SMILES string of the molecule is Cc1cc(C(=O)c2cc(F)cc(F)c2)cc2oc(=O)[nH]c12. The van der Waals surface area contributed by atoms with E-state index < -0.39 is 23.2 Å². The highest BCUT2D eigenvalue weighted by molar-refractivity contribution is 6.10. The van der Waals surface area contributed by atoms with Gasteiger partial charge in [0.25, 0.3) is 0 Å². The van der Waals surface area contributed by atoms with Crippen LogP contribution in [0.2, 0.25) is 0 Å². The zero-order chi connectivity index (χ0) is 15.1. The minimum Gasteiger partial charge on any atom is -0.408 e. The molecule has 0 amide bonds. The number of nitrogens with one attached hydrogen (secondary N) is 1. The predicted octanol–water partition coefficient (Wildman–Crippen LogP) is 2.94. The molecule has 6 heteroatoms. The molecule has 106 valence electrons. The molecule has 0 saturated carbocycles. The molecular formula is C15H9F2NO3. The Hall–Kier alpha value is -2.76. The number of rotatable bonds is 2. The zero-order valence-corrected chi connectivity index (χ0v) is 10.9. The van der Waals surface area contributed by atoms with Gasteiger partial charge in [0.15, 0.2) is 11.4 Å². The molecule has 0 atom stereocenters. The summed E-state index contributed by atoms with van der Waals surface area (Å²) in [6.45, 7) is 1.69. The van der Waals surface area contributed by atoms with Gasteiger partial charge in [-0.2, -0.15) is 0 Å². The number of hydrogen-bond acceptors (Lipinski definition) is 3. The van der Waals surface area contributed by atoms with Crippen molar-refractivity contribution in [1.29, 1.82) is 0 Å². The summed E-state index contributed by atoms with van der Waals surface area (Å²) < 4.78 is 31.3. The largest absolute Gasteiger partial charge is 0.417 e. The second kappa shape index (κ2) is 4.66. The Morgan fingerprint density at radius 1 is 1.05 bits per heavy atom. The molecule has 1 aromatic heterocycles. The number of carbonyl (C=O) groups excluding carboxylic acids is 1. The molecule has 0 bridgehead atoms. The summed E-state index contributed by atoms with van der Waals surface area (Å²) in [4.78, 5) is 26.0. The van der Waals surface area contributed by atoms with E-state index in [1.165, 1.54) is 12.1 Å². The van der Waals surface area contributed by atoms with Crippen LogP contribution in [0.4, 0.5) is 8.78 Å². The van der Waals surface area contributed by atoms with Crippen molar-refractivity contribution in [2.75, 3.05) is 0 Å². The fourth-order valence-corrected chi connectivity index (χ4v) is 2.21. The zero-order valence-electron chi connectivity index (χ0n) is 10.9. The highest BCUT2D eigenvalue weighted by Gasteiger charge is 2.15. The first-order valence-electron chi connectivity index (χ1n) is 6.08. The van der Waals surface area contributed by atoms with E-state index in [1.807, 2.05) is 0 Å². The molecule has 0 aliphatic rings. The van der Waals surface area contributed by atoms with E-state index in [9.17, 15) is 18.4 Å². The minimum atomic E-state index is -0.829. The van der Waals surface area contributed by atoms with Crippen molar-refractivity contribution in [2.45, 2.75) is 6.92 Å². The maximum absolute atomic E-state index is 13.2. The number of halogens is 2. The molecule has 0 saturated heterocycles. The lowest BCUT2D eigenvalue weighted by atomic mass is 10.0. The molecule has 2 aromatic carbocycles. The van der Waals surface area contributed by atoms with Gasteiger partial charge in [0.05, 0.1) is 5.52 Å². The van der Waals surface area contributed by atoms with E-state index in [0.29, 0.717) is 17.1 Å². The van der Waals surface area contributed by atoms with Gasteiger partial charge in [-0.3, -0.25) is 9.78 Å². The van der Waals surface area contributed by atoms with Gasteiger partial charge in [0, 0.05) is 17.2 Å². The first kappa shape index (κ1) is 13.2. The number of aryl methyl sites for hydroxylation is 1. The second-order valence-corrected chi connectivity index (χ2v) is 4.67. The topological polar surface area (TPSA) is 63.1 Å². The third kappa shape index (κ3) is 2.35. The Bertz CT molecular complexity index is 904. The molecule has 0 radical (unpaired) electrons. The van der Waals surface area contributed by atoms with E-state index in [4.69, 9.17) is 4.42 Å². The Labute approximate surface area is 117 Å². The summed E-state index contributed by atoms with van der Waals surface area (Å²) in [6, 6.07) is 5.50. The highest BCUT2D eigenvalue weighted by atomic mass is 19.1. The number of fused-ring (bicyclic) bond motifs is 1. The minimum absolute atomic E-state index is 0.107. The molecule has 0 spiro atoms. The molecule has 0 unspecified atom stereocenters. The van der Waals surface area contributed by atoms with Gasteiger partial charge in [0.2, 0.25) is 0 Å². The number of H-pyrrole nitrogens is 1.